The van der Waals surface area contributed by atoms with Gasteiger partial charge in [0.15, 0.2) is 0 Å². The first-order chi connectivity index (χ1) is 9.80. The molecule has 3 aliphatic rings. The van der Waals surface area contributed by atoms with Gasteiger partial charge in [0.25, 0.3) is 0 Å². The van der Waals surface area contributed by atoms with Gasteiger partial charge >= 0.3 is 0 Å². The van der Waals surface area contributed by atoms with Crippen LogP contribution in [0.25, 0.3) is 11.3 Å². The number of hydrogen-bond donors (Lipinski definition) is 2. The molecule has 5 rings (SSSR count). The van der Waals surface area contributed by atoms with E-state index in [9.17, 15) is 5.11 Å². The first-order valence-electron chi connectivity index (χ1n) is 7.30. The average molecular weight is 267 g/mol. The Bertz CT molecular complexity index is 689. The molecule has 1 aromatic heterocycles. The van der Waals surface area contributed by atoms with Gasteiger partial charge in [-0.25, -0.2) is 4.98 Å². The molecule has 2 fully saturated rings. The van der Waals surface area contributed by atoms with E-state index in [1.165, 1.54) is 16.8 Å². The Labute approximate surface area is 117 Å². The number of nitrogens with zero attached hydrogens (tertiary/aromatic N) is 2. The Balaban J connectivity index is 1.59. The fourth-order valence-electron chi connectivity index (χ4n) is 4.39. The summed E-state index contributed by atoms with van der Waals surface area (Å²) >= 11 is 0. The number of aromatic nitrogens is 2. The Kier molecular flexibility index (Phi) is 1.94. The minimum atomic E-state index is -0.199. The summed E-state index contributed by atoms with van der Waals surface area (Å²) in [5.74, 6) is 0.314. The fraction of sp³-hybridized carbons (Fsp3) is 0.438. The van der Waals surface area contributed by atoms with Crippen molar-refractivity contribution in [3.63, 3.8) is 0 Å². The number of imidazole rings is 1. The van der Waals surface area contributed by atoms with Crippen LogP contribution in [0.5, 0.6) is 0 Å². The molecule has 2 N–H and O–H groups in total. The number of fused-ring (bicyclic) bond motifs is 3. The lowest BCUT2D eigenvalue weighted by Gasteiger charge is -2.60. The van der Waals surface area contributed by atoms with Crippen LogP contribution >= 0.6 is 0 Å². The van der Waals surface area contributed by atoms with Crippen LogP contribution < -0.4 is 5.32 Å². The van der Waals surface area contributed by atoms with E-state index in [1.54, 1.807) is 0 Å². The monoisotopic (exact) mass is 267 g/mol. The molecule has 2 aliphatic heterocycles. The van der Waals surface area contributed by atoms with Crippen LogP contribution in [-0.2, 0) is 0 Å². The van der Waals surface area contributed by atoms with Gasteiger partial charge in [-0.2, -0.15) is 0 Å². The minimum absolute atomic E-state index is 0.156. The van der Waals surface area contributed by atoms with Crippen molar-refractivity contribution >= 4 is 0 Å². The van der Waals surface area contributed by atoms with Gasteiger partial charge in [0.05, 0.1) is 30.4 Å². The van der Waals surface area contributed by atoms with E-state index in [1.807, 2.05) is 12.5 Å². The summed E-state index contributed by atoms with van der Waals surface area (Å²) in [4.78, 5) is 4.30. The van der Waals surface area contributed by atoms with Crippen molar-refractivity contribution in [2.75, 3.05) is 13.1 Å². The molecule has 0 amide bonds. The molecule has 1 saturated carbocycles. The smallest absolute Gasteiger partial charge is 0.0956 e. The highest BCUT2D eigenvalue weighted by Crippen LogP contribution is 2.57. The van der Waals surface area contributed by atoms with Crippen molar-refractivity contribution in [3.05, 3.63) is 42.4 Å². The highest BCUT2D eigenvalue weighted by atomic mass is 16.3. The molecule has 1 aliphatic carbocycles. The van der Waals surface area contributed by atoms with Gasteiger partial charge in [0.1, 0.15) is 0 Å². The van der Waals surface area contributed by atoms with E-state index >= 15 is 0 Å². The molecular formula is C16H17N3O. The van der Waals surface area contributed by atoms with Gasteiger partial charge in [-0.3, -0.25) is 0 Å². The maximum atomic E-state index is 10.7. The number of hydrogen-bond acceptors (Lipinski definition) is 3. The molecule has 0 bridgehead atoms. The molecule has 0 radical (unpaired) electrons. The molecule has 102 valence electrons. The topological polar surface area (TPSA) is 50.1 Å². The molecule has 20 heavy (non-hydrogen) atoms. The first kappa shape index (κ1) is 11.1. The molecule has 2 aromatic rings. The summed E-state index contributed by atoms with van der Waals surface area (Å²) < 4.78 is 2.25. The molecule has 4 heteroatoms. The number of rotatable bonds is 1. The summed E-state index contributed by atoms with van der Waals surface area (Å²) in [5.41, 5.74) is 3.96. The van der Waals surface area contributed by atoms with E-state index in [2.05, 4.69) is 39.1 Å². The molecule has 3 atom stereocenters. The molecular weight excluding hydrogens is 250 g/mol. The summed E-state index contributed by atoms with van der Waals surface area (Å²) in [5, 5.41) is 14.0. The van der Waals surface area contributed by atoms with Crippen molar-refractivity contribution in [3.8, 4) is 11.3 Å². The first-order valence-corrected chi connectivity index (χ1v) is 7.30. The van der Waals surface area contributed by atoms with Gasteiger partial charge in [0, 0.05) is 30.0 Å². The number of aliphatic hydroxyl groups is 1. The summed E-state index contributed by atoms with van der Waals surface area (Å²) in [7, 11) is 0. The maximum Gasteiger partial charge on any atom is 0.0956 e. The van der Waals surface area contributed by atoms with E-state index in [0.29, 0.717) is 5.92 Å². The van der Waals surface area contributed by atoms with Gasteiger partial charge in [0.2, 0.25) is 0 Å². The number of aliphatic hydroxyl groups excluding tert-OH is 1. The summed E-state index contributed by atoms with van der Waals surface area (Å²) in [6.45, 7) is 1.94. The van der Waals surface area contributed by atoms with Gasteiger partial charge in [-0.15, -0.1) is 0 Å². The Morgan fingerprint density at radius 1 is 1.30 bits per heavy atom. The number of benzene rings is 1. The molecule has 1 spiro atoms. The Hall–Kier alpha value is -1.65. The van der Waals surface area contributed by atoms with Gasteiger partial charge in [-0.05, 0) is 12.0 Å². The normalized spacial score (nSPS) is 32.4. The van der Waals surface area contributed by atoms with Gasteiger partial charge < -0.3 is 15.0 Å². The third-order valence-electron chi connectivity index (χ3n) is 5.56. The molecule has 3 heterocycles. The second-order valence-electron chi connectivity index (χ2n) is 6.50. The second kappa shape index (κ2) is 3.51. The van der Waals surface area contributed by atoms with Crippen LogP contribution in [0.1, 0.15) is 18.0 Å². The molecule has 4 nitrogen and oxygen atoms in total. The SMILES string of the molecule is OC1C(C2c3ccccc3-c3cncn32)CC12CNC2. The van der Waals surface area contributed by atoms with Crippen LogP contribution in [-0.4, -0.2) is 33.9 Å². The van der Waals surface area contributed by atoms with Crippen molar-refractivity contribution in [1.29, 1.82) is 0 Å². The standard InChI is InChI=1S/C16H17N3O/c20-15-12(5-16(15)7-18-8-16)14-11-4-2-1-3-10(11)13-6-17-9-19(13)14/h1-4,6,9,12,14-15,18,20H,5,7-8H2. The van der Waals surface area contributed by atoms with E-state index in [0.717, 1.165) is 19.5 Å². The van der Waals surface area contributed by atoms with E-state index < -0.39 is 0 Å². The van der Waals surface area contributed by atoms with E-state index in [4.69, 9.17) is 0 Å². The van der Waals surface area contributed by atoms with Crippen LogP contribution in [0.3, 0.4) is 0 Å². The average Bonchev–Trinajstić information content (AvgIpc) is 2.98. The quantitative estimate of drug-likeness (QED) is 0.821. The van der Waals surface area contributed by atoms with Gasteiger partial charge in [-0.1, -0.05) is 24.3 Å². The van der Waals surface area contributed by atoms with Crippen LogP contribution in [0.2, 0.25) is 0 Å². The van der Waals surface area contributed by atoms with Crippen molar-refractivity contribution in [2.45, 2.75) is 18.6 Å². The third kappa shape index (κ3) is 1.13. The number of nitrogens with one attached hydrogen (secondary N) is 1. The minimum Gasteiger partial charge on any atom is -0.392 e. The highest BCUT2D eigenvalue weighted by Gasteiger charge is 2.59. The fourth-order valence-corrected chi connectivity index (χ4v) is 4.39. The highest BCUT2D eigenvalue weighted by molar-refractivity contribution is 5.69. The second-order valence-corrected chi connectivity index (χ2v) is 6.50. The molecule has 1 aromatic carbocycles. The maximum absolute atomic E-state index is 10.7. The lowest BCUT2D eigenvalue weighted by atomic mass is 9.53. The predicted octanol–water partition coefficient (Wildman–Crippen LogP) is 1.42. The van der Waals surface area contributed by atoms with Crippen LogP contribution in [0.4, 0.5) is 0 Å². The predicted molar refractivity (Wildman–Crippen MR) is 75.2 cm³/mol. The van der Waals surface area contributed by atoms with Crippen LogP contribution in [0, 0.1) is 11.3 Å². The Morgan fingerprint density at radius 2 is 2.15 bits per heavy atom. The van der Waals surface area contributed by atoms with E-state index in [-0.39, 0.29) is 17.6 Å². The lowest BCUT2D eigenvalue weighted by Crippen LogP contribution is -2.70. The zero-order valence-corrected chi connectivity index (χ0v) is 11.2. The largest absolute Gasteiger partial charge is 0.392 e. The zero-order chi connectivity index (χ0) is 13.3. The zero-order valence-electron chi connectivity index (χ0n) is 11.2. The summed E-state index contributed by atoms with van der Waals surface area (Å²) in [6, 6.07) is 8.79. The molecule has 3 unspecified atom stereocenters. The molecule has 1 saturated heterocycles. The van der Waals surface area contributed by atoms with Crippen LogP contribution in [0.15, 0.2) is 36.8 Å². The summed E-state index contributed by atoms with van der Waals surface area (Å²) in [6.07, 6.45) is 4.76. The van der Waals surface area contributed by atoms with Crippen molar-refractivity contribution in [2.24, 2.45) is 11.3 Å². The third-order valence-corrected chi connectivity index (χ3v) is 5.56. The lowest BCUT2D eigenvalue weighted by molar-refractivity contribution is -0.158. The Morgan fingerprint density at radius 3 is 2.90 bits per heavy atom. The van der Waals surface area contributed by atoms with Crippen molar-refractivity contribution < 1.29 is 5.11 Å². The van der Waals surface area contributed by atoms with Crippen molar-refractivity contribution in [1.82, 2.24) is 14.9 Å².